The second kappa shape index (κ2) is 6.04. The normalized spacial score (nSPS) is 11.5. The summed E-state index contributed by atoms with van der Waals surface area (Å²) in [6.07, 6.45) is -3.93. The number of rotatable bonds is 3. The number of alkyl halides is 3. The second-order valence-electron chi connectivity index (χ2n) is 5.43. The van der Waals surface area contributed by atoms with E-state index in [0.29, 0.717) is 15.8 Å². The number of aromatic nitrogens is 3. The summed E-state index contributed by atoms with van der Waals surface area (Å²) in [7, 11) is 0. The molecule has 0 fully saturated rings. The Bertz CT molecular complexity index is 931. The number of aryl methyl sites for hydroxylation is 1. The maximum Gasteiger partial charge on any atom is 0.451 e. The Balaban J connectivity index is 2.20. The number of carboxylic acid groups (broad SMARTS) is 1. The number of carboxylic acids is 1. The van der Waals surface area contributed by atoms with Crippen LogP contribution < -0.4 is 0 Å². The summed E-state index contributed by atoms with van der Waals surface area (Å²) in [6.45, 7) is 1.90. The van der Waals surface area contributed by atoms with Crippen LogP contribution >= 0.6 is 0 Å². The third-order valence-corrected chi connectivity index (χ3v) is 3.60. The zero-order chi connectivity index (χ0) is 18.2. The highest BCUT2D eigenvalue weighted by atomic mass is 19.4. The van der Waals surface area contributed by atoms with Gasteiger partial charge >= 0.3 is 12.1 Å². The monoisotopic (exact) mass is 347 g/mol. The summed E-state index contributed by atoms with van der Waals surface area (Å²) in [5.74, 6) is -2.46. The van der Waals surface area contributed by atoms with Crippen molar-refractivity contribution in [2.45, 2.75) is 13.1 Å². The van der Waals surface area contributed by atoms with Gasteiger partial charge in [0.2, 0.25) is 5.82 Å². The third kappa shape index (κ3) is 3.37. The minimum absolute atomic E-state index is 0.0275. The fourth-order valence-electron chi connectivity index (χ4n) is 2.39. The van der Waals surface area contributed by atoms with E-state index >= 15 is 0 Å². The number of aromatic carboxylic acids is 1. The Kier molecular flexibility index (Phi) is 4.03. The van der Waals surface area contributed by atoms with Crippen molar-refractivity contribution in [2.75, 3.05) is 0 Å². The van der Waals surface area contributed by atoms with Gasteiger partial charge < -0.3 is 5.11 Å². The summed E-state index contributed by atoms with van der Waals surface area (Å²) in [5.41, 5.74) is 1.99. The Morgan fingerprint density at radius 3 is 2.36 bits per heavy atom. The lowest BCUT2D eigenvalue weighted by Gasteiger charge is -2.12. The summed E-state index contributed by atoms with van der Waals surface area (Å²) < 4.78 is 39.8. The molecule has 0 spiro atoms. The zero-order valence-corrected chi connectivity index (χ0v) is 12.9. The van der Waals surface area contributed by atoms with Crippen molar-refractivity contribution in [3.05, 3.63) is 65.7 Å². The molecule has 1 heterocycles. The molecule has 0 radical (unpaired) electrons. The molecule has 0 atom stereocenters. The molecule has 0 saturated heterocycles. The molecule has 0 bridgehead atoms. The van der Waals surface area contributed by atoms with Gasteiger partial charge in [-0.05, 0) is 36.2 Å². The maximum absolute atomic E-state index is 13.1. The minimum atomic E-state index is -4.71. The first-order valence-electron chi connectivity index (χ1n) is 7.19. The molecule has 0 saturated carbocycles. The summed E-state index contributed by atoms with van der Waals surface area (Å²) in [4.78, 5) is 14.6. The van der Waals surface area contributed by atoms with Crippen LogP contribution in [0.3, 0.4) is 0 Å². The lowest BCUT2D eigenvalue weighted by atomic mass is 10.0. The Hall–Kier alpha value is -3.16. The Morgan fingerprint density at radius 1 is 1.08 bits per heavy atom. The van der Waals surface area contributed by atoms with Crippen LogP contribution in [0, 0.1) is 6.92 Å². The largest absolute Gasteiger partial charge is 0.478 e. The highest BCUT2D eigenvalue weighted by molar-refractivity contribution is 5.90. The van der Waals surface area contributed by atoms with E-state index < -0.39 is 18.0 Å². The van der Waals surface area contributed by atoms with Crippen molar-refractivity contribution >= 4 is 5.97 Å². The van der Waals surface area contributed by atoms with Crippen molar-refractivity contribution in [3.63, 3.8) is 0 Å². The predicted octanol–water partition coefficient (Wildman–Crippen LogP) is 3.96. The van der Waals surface area contributed by atoms with E-state index in [2.05, 4.69) is 10.1 Å². The van der Waals surface area contributed by atoms with Crippen LogP contribution in [0.4, 0.5) is 13.2 Å². The van der Waals surface area contributed by atoms with Gasteiger partial charge in [-0.25, -0.2) is 14.5 Å². The van der Waals surface area contributed by atoms with E-state index in [1.165, 1.54) is 12.1 Å². The quantitative estimate of drug-likeness (QED) is 0.779. The molecule has 0 aliphatic carbocycles. The van der Waals surface area contributed by atoms with Crippen LogP contribution in [0.1, 0.15) is 21.7 Å². The van der Waals surface area contributed by atoms with Crippen molar-refractivity contribution in [2.24, 2.45) is 0 Å². The number of nitrogens with zero attached hydrogens (tertiary/aromatic N) is 3. The van der Waals surface area contributed by atoms with Crippen LogP contribution in [-0.2, 0) is 6.18 Å². The van der Waals surface area contributed by atoms with E-state index in [1.54, 1.807) is 12.1 Å². The van der Waals surface area contributed by atoms with E-state index in [0.717, 1.165) is 18.0 Å². The average Bonchev–Trinajstić information content (AvgIpc) is 3.05. The molecule has 0 aliphatic heterocycles. The van der Waals surface area contributed by atoms with Gasteiger partial charge in [0.15, 0.2) is 0 Å². The van der Waals surface area contributed by atoms with Gasteiger partial charge in [0, 0.05) is 0 Å². The highest BCUT2D eigenvalue weighted by Gasteiger charge is 2.37. The highest BCUT2D eigenvalue weighted by Crippen LogP contribution is 2.31. The molecule has 0 aliphatic rings. The Morgan fingerprint density at radius 2 is 1.76 bits per heavy atom. The molecule has 1 N–H and O–H groups in total. The molecular formula is C17H12F3N3O2. The number of carbonyl (C=O) groups is 1. The van der Waals surface area contributed by atoms with Gasteiger partial charge in [-0.15, -0.1) is 0 Å². The summed E-state index contributed by atoms with van der Waals surface area (Å²) in [5, 5.41) is 12.9. The van der Waals surface area contributed by atoms with Crippen molar-refractivity contribution in [1.29, 1.82) is 0 Å². The third-order valence-electron chi connectivity index (χ3n) is 3.60. The van der Waals surface area contributed by atoms with E-state index in [4.69, 9.17) is 0 Å². The van der Waals surface area contributed by atoms with E-state index in [9.17, 15) is 23.1 Å². The Labute approximate surface area is 140 Å². The lowest BCUT2D eigenvalue weighted by molar-refractivity contribution is -0.146. The van der Waals surface area contributed by atoms with Gasteiger partial charge in [0.25, 0.3) is 0 Å². The number of hydrogen-bond donors (Lipinski definition) is 1. The standard InChI is InChI=1S/C17H12F3N3O2/c1-10-2-4-11(5-3-10)12-6-13(15(24)25)8-14(7-12)23-16(17(18,19)20)21-9-22-23/h2-9H,1H3,(H,24,25). The number of hydrogen-bond acceptors (Lipinski definition) is 3. The fourth-order valence-corrected chi connectivity index (χ4v) is 2.39. The lowest BCUT2D eigenvalue weighted by Crippen LogP contribution is -2.15. The van der Waals surface area contributed by atoms with Crippen molar-refractivity contribution < 1.29 is 23.1 Å². The fraction of sp³-hybridized carbons (Fsp3) is 0.118. The molecular weight excluding hydrogens is 335 g/mol. The van der Waals surface area contributed by atoms with Gasteiger partial charge in [-0.1, -0.05) is 29.8 Å². The van der Waals surface area contributed by atoms with Crippen LogP contribution in [0.2, 0.25) is 0 Å². The van der Waals surface area contributed by atoms with Crippen LogP contribution in [0.5, 0.6) is 0 Å². The number of benzene rings is 2. The van der Waals surface area contributed by atoms with E-state index in [1.807, 2.05) is 19.1 Å². The molecule has 128 valence electrons. The van der Waals surface area contributed by atoms with Gasteiger partial charge in [0.05, 0.1) is 11.3 Å². The molecule has 0 unspecified atom stereocenters. The van der Waals surface area contributed by atoms with Crippen molar-refractivity contribution in [1.82, 2.24) is 14.8 Å². The molecule has 3 aromatic rings. The first kappa shape index (κ1) is 16.7. The second-order valence-corrected chi connectivity index (χ2v) is 5.43. The molecule has 5 nitrogen and oxygen atoms in total. The topological polar surface area (TPSA) is 68.0 Å². The maximum atomic E-state index is 13.1. The molecule has 2 aromatic carbocycles. The summed E-state index contributed by atoms with van der Waals surface area (Å²) >= 11 is 0. The minimum Gasteiger partial charge on any atom is -0.478 e. The average molecular weight is 347 g/mol. The molecule has 8 heteroatoms. The smallest absolute Gasteiger partial charge is 0.451 e. The number of halogens is 3. The molecule has 0 amide bonds. The van der Waals surface area contributed by atoms with E-state index in [-0.39, 0.29) is 11.3 Å². The first-order chi connectivity index (χ1) is 11.8. The van der Waals surface area contributed by atoms with Gasteiger partial charge in [-0.3, -0.25) is 0 Å². The predicted molar refractivity (Wildman–Crippen MR) is 83.5 cm³/mol. The van der Waals surface area contributed by atoms with Crippen molar-refractivity contribution in [3.8, 4) is 16.8 Å². The van der Waals surface area contributed by atoms with Crippen LogP contribution in [0.15, 0.2) is 48.8 Å². The molecule has 1 aromatic heterocycles. The molecule has 25 heavy (non-hydrogen) atoms. The zero-order valence-electron chi connectivity index (χ0n) is 12.9. The first-order valence-corrected chi connectivity index (χ1v) is 7.19. The molecule has 3 rings (SSSR count). The van der Waals surface area contributed by atoms with Gasteiger partial charge in [-0.2, -0.15) is 18.3 Å². The SMILES string of the molecule is Cc1ccc(-c2cc(C(=O)O)cc(-n3ncnc3C(F)(F)F)c2)cc1. The van der Waals surface area contributed by atoms with Gasteiger partial charge in [0.1, 0.15) is 6.33 Å². The van der Waals surface area contributed by atoms with Crippen LogP contribution in [0.25, 0.3) is 16.8 Å². The van der Waals surface area contributed by atoms with Crippen LogP contribution in [-0.4, -0.2) is 25.8 Å². The summed E-state index contributed by atoms with van der Waals surface area (Å²) in [6, 6.07) is 11.2.